The molecule has 0 bridgehead atoms. The summed E-state index contributed by atoms with van der Waals surface area (Å²) in [5, 5.41) is 2.54. The molecule has 0 aromatic rings. The van der Waals surface area contributed by atoms with E-state index in [1.165, 1.54) is 6.92 Å². The highest BCUT2D eigenvalue weighted by Crippen LogP contribution is 2.56. The van der Waals surface area contributed by atoms with Gasteiger partial charge in [0.05, 0.1) is 6.10 Å². The van der Waals surface area contributed by atoms with Crippen molar-refractivity contribution in [2.24, 2.45) is 0 Å². The Morgan fingerprint density at radius 3 is 1.97 bits per heavy atom. The molecule has 3 aliphatic rings. The van der Waals surface area contributed by atoms with Crippen molar-refractivity contribution in [3.05, 3.63) is 0 Å². The molecular weight excluding hydrogens is 509 g/mol. The van der Waals surface area contributed by atoms with Crippen molar-refractivity contribution in [2.75, 3.05) is 7.11 Å². The van der Waals surface area contributed by atoms with Crippen LogP contribution in [0.3, 0.4) is 0 Å². The minimum atomic E-state index is -7.11. The summed E-state index contributed by atoms with van der Waals surface area (Å²) in [6.07, 6.45) is -15.6. The third-order valence-electron chi connectivity index (χ3n) is 6.16. The van der Waals surface area contributed by atoms with Gasteiger partial charge in [0.15, 0.2) is 12.4 Å². The summed E-state index contributed by atoms with van der Waals surface area (Å²) in [5.41, 5.74) is 0. The molecule has 1 N–H and O–H groups in total. The Labute approximate surface area is 193 Å². The maximum absolute atomic E-state index is 14.4. The zero-order valence-corrected chi connectivity index (χ0v) is 18.4. The molecule has 1 aliphatic carbocycles. The van der Waals surface area contributed by atoms with E-state index in [1.54, 1.807) is 0 Å². The van der Waals surface area contributed by atoms with Crippen LogP contribution >= 0.6 is 0 Å². The maximum Gasteiger partial charge on any atom is 0.460 e. The van der Waals surface area contributed by atoms with Crippen molar-refractivity contribution in [3.8, 4) is 0 Å². The zero-order chi connectivity index (χ0) is 26.4. The molecule has 0 aromatic heterocycles. The molecule has 1 saturated carbocycles. The first-order valence-corrected chi connectivity index (χ1v) is 10.7. The van der Waals surface area contributed by atoms with Gasteiger partial charge in [-0.05, 0) is 19.8 Å². The molecular formula is C19H24F9NO6. The lowest BCUT2D eigenvalue weighted by Crippen LogP contribution is -2.64. The number of hydrogen-bond acceptors (Lipinski definition) is 6. The summed E-state index contributed by atoms with van der Waals surface area (Å²) in [4.78, 5) is 12.4. The Hall–Kier alpha value is -1.52. The second kappa shape index (κ2) is 9.74. The number of ether oxygens (including phenoxy) is 5. The van der Waals surface area contributed by atoms with Gasteiger partial charge >= 0.3 is 30.0 Å². The normalized spacial score (nSPS) is 33.3. The molecule has 2 heterocycles. The van der Waals surface area contributed by atoms with Crippen LogP contribution in [-0.2, 0) is 23.7 Å². The molecule has 204 valence electrons. The number of hydrogen-bond donors (Lipinski definition) is 1. The fourth-order valence-corrected chi connectivity index (χ4v) is 4.23. The lowest BCUT2D eigenvalue weighted by molar-refractivity contribution is -0.418. The SMILES string of the molecule is CO[C@@H]1O[C@@H](C)[C@@H]2O[C@H](C(F)(F)C(F)(F)C(F)(F)C(F)(F)F)O[C@@H]2[C@H]1OC(=O)NC1CCCCC1. The van der Waals surface area contributed by atoms with Crippen molar-refractivity contribution >= 4 is 6.09 Å². The van der Waals surface area contributed by atoms with E-state index in [0.717, 1.165) is 26.4 Å². The Morgan fingerprint density at radius 1 is 0.857 bits per heavy atom. The van der Waals surface area contributed by atoms with Crippen LogP contribution in [0.25, 0.3) is 0 Å². The first-order valence-electron chi connectivity index (χ1n) is 10.7. The van der Waals surface area contributed by atoms with Crippen molar-refractivity contribution < 1.29 is 68.0 Å². The molecule has 6 atom stereocenters. The Morgan fingerprint density at radius 2 is 1.43 bits per heavy atom. The number of nitrogens with one attached hydrogen (secondary N) is 1. The van der Waals surface area contributed by atoms with Crippen LogP contribution in [0.1, 0.15) is 39.0 Å². The van der Waals surface area contributed by atoms with Gasteiger partial charge in [0, 0.05) is 13.2 Å². The Kier molecular flexibility index (Phi) is 7.81. The summed E-state index contributed by atoms with van der Waals surface area (Å²) < 4.78 is 145. The van der Waals surface area contributed by atoms with Crippen molar-refractivity contribution in [2.45, 2.75) is 106 Å². The molecule has 16 heteroatoms. The van der Waals surface area contributed by atoms with Crippen molar-refractivity contribution in [3.63, 3.8) is 0 Å². The lowest BCUT2D eigenvalue weighted by Gasteiger charge is -2.39. The van der Waals surface area contributed by atoms with Gasteiger partial charge in [-0.1, -0.05) is 19.3 Å². The van der Waals surface area contributed by atoms with Crippen LogP contribution in [0.4, 0.5) is 44.3 Å². The van der Waals surface area contributed by atoms with Gasteiger partial charge < -0.3 is 29.0 Å². The van der Waals surface area contributed by atoms with E-state index in [0.29, 0.717) is 12.8 Å². The summed E-state index contributed by atoms with van der Waals surface area (Å²) in [6, 6.07) is -0.252. The predicted octanol–water partition coefficient (Wildman–Crippen LogP) is 4.38. The average Bonchev–Trinajstić information content (AvgIpc) is 3.22. The zero-order valence-electron chi connectivity index (χ0n) is 18.4. The van der Waals surface area contributed by atoms with Crippen LogP contribution in [0.2, 0.25) is 0 Å². The molecule has 35 heavy (non-hydrogen) atoms. The number of fused-ring (bicyclic) bond motifs is 1. The molecule has 1 amide bonds. The standard InChI is InChI=1S/C19H24F9NO6/c1-8-10-11(12(13(31-2)32-8)35-15(30)29-9-6-4-3-5-7-9)34-14(33-10)16(20,21)17(22,23)18(24,25)19(26,27)28/h8-14H,3-7H2,1-2H3,(H,29,30)/t8-,10-,11-,12+,13+,14-/m0/s1. The molecule has 0 unspecified atom stereocenters. The highest BCUT2D eigenvalue weighted by molar-refractivity contribution is 5.68. The number of amides is 1. The van der Waals surface area contributed by atoms with E-state index in [9.17, 15) is 44.3 Å². The van der Waals surface area contributed by atoms with E-state index >= 15 is 0 Å². The monoisotopic (exact) mass is 533 g/mol. The van der Waals surface area contributed by atoms with Gasteiger partial charge in [-0.25, -0.2) is 4.79 Å². The smallest absolute Gasteiger partial charge is 0.438 e. The van der Waals surface area contributed by atoms with Gasteiger partial charge in [-0.15, -0.1) is 0 Å². The summed E-state index contributed by atoms with van der Waals surface area (Å²) in [6.45, 7) is 1.20. The number of rotatable bonds is 6. The Balaban J connectivity index is 1.80. The summed E-state index contributed by atoms with van der Waals surface area (Å²) in [5.74, 6) is -20.2. The van der Waals surface area contributed by atoms with Gasteiger partial charge in [0.1, 0.15) is 12.2 Å². The number of methoxy groups -OCH3 is 1. The molecule has 3 rings (SSSR count). The molecule has 0 aromatic carbocycles. The number of carbonyl (C=O) groups is 1. The quantitative estimate of drug-likeness (QED) is 0.511. The number of alkyl halides is 9. The largest absolute Gasteiger partial charge is 0.460 e. The molecule has 0 spiro atoms. The van der Waals surface area contributed by atoms with Crippen LogP contribution in [0, 0.1) is 0 Å². The van der Waals surface area contributed by atoms with Gasteiger partial charge in [-0.2, -0.15) is 39.5 Å². The maximum atomic E-state index is 14.4. The lowest BCUT2D eigenvalue weighted by atomic mass is 9.96. The first kappa shape index (κ1) is 28.1. The minimum Gasteiger partial charge on any atom is -0.438 e. The van der Waals surface area contributed by atoms with Crippen molar-refractivity contribution in [1.82, 2.24) is 5.32 Å². The van der Waals surface area contributed by atoms with E-state index < -0.39 is 67.0 Å². The third kappa shape index (κ3) is 5.03. The number of alkyl carbamates (subject to hydrolysis) is 1. The van der Waals surface area contributed by atoms with Gasteiger partial charge in [-0.3, -0.25) is 0 Å². The van der Waals surface area contributed by atoms with Crippen LogP contribution < -0.4 is 5.32 Å². The topological polar surface area (TPSA) is 75.2 Å². The van der Waals surface area contributed by atoms with E-state index in [2.05, 4.69) is 10.1 Å². The van der Waals surface area contributed by atoms with Gasteiger partial charge in [0.2, 0.25) is 6.29 Å². The molecule has 2 saturated heterocycles. The van der Waals surface area contributed by atoms with Crippen molar-refractivity contribution in [1.29, 1.82) is 0 Å². The van der Waals surface area contributed by atoms with Gasteiger partial charge in [0.25, 0.3) is 0 Å². The summed E-state index contributed by atoms with van der Waals surface area (Å²) >= 11 is 0. The fraction of sp³-hybridized carbons (Fsp3) is 0.947. The summed E-state index contributed by atoms with van der Waals surface area (Å²) in [7, 11) is 1.08. The van der Waals surface area contributed by atoms with E-state index in [-0.39, 0.29) is 6.04 Å². The van der Waals surface area contributed by atoms with Crippen LogP contribution in [0.15, 0.2) is 0 Å². The molecule has 3 fully saturated rings. The molecule has 2 aliphatic heterocycles. The molecule has 0 radical (unpaired) electrons. The highest BCUT2D eigenvalue weighted by Gasteiger charge is 2.84. The molecule has 7 nitrogen and oxygen atoms in total. The predicted molar refractivity (Wildman–Crippen MR) is 96.1 cm³/mol. The first-order chi connectivity index (χ1) is 16.0. The minimum absolute atomic E-state index is 0.252. The number of halogens is 9. The highest BCUT2D eigenvalue weighted by atomic mass is 19.4. The van der Waals surface area contributed by atoms with E-state index in [1.807, 2.05) is 0 Å². The van der Waals surface area contributed by atoms with E-state index in [4.69, 9.17) is 18.9 Å². The Bertz CT molecular complexity index is 762. The fourth-order valence-electron chi connectivity index (χ4n) is 4.23. The second-order valence-electron chi connectivity index (χ2n) is 8.60. The van der Waals surface area contributed by atoms with Crippen LogP contribution in [-0.4, -0.2) is 80.2 Å². The third-order valence-corrected chi connectivity index (χ3v) is 6.16. The average molecular weight is 533 g/mol. The second-order valence-corrected chi connectivity index (χ2v) is 8.60. The number of carbonyl (C=O) groups excluding carboxylic acids is 1. The van der Waals surface area contributed by atoms with Crippen LogP contribution in [0.5, 0.6) is 0 Å².